The van der Waals surface area contributed by atoms with Gasteiger partial charge in [0.15, 0.2) is 0 Å². The highest BCUT2D eigenvalue weighted by Crippen LogP contribution is 2.36. The number of carbonyl (C=O) groups excluding carboxylic acids is 1. The summed E-state index contributed by atoms with van der Waals surface area (Å²) < 4.78 is 17.5. The van der Waals surface area contributed by atoms with Crippen molar-refractivity contribution < 1.29 is 9.18 Å². The van der Waals surface area contributed by atoms with Crippen molar-refractivity contribution >= 4 is 43.4 Å². The first-order chi connectivity index (χ1) is 11.6. The van der Waals surface area contributed by atoms with Crippen LogP contribution < -0.4 is 5.32 Å². The topological polar surface area (TPSA) is 34.0 Å². The number of amides is 1. The highest BCUT2D eigenvalue weighted by atomic mass is 79.9. The standard InChI is InChI=1S/C18H16BrFN2OS/c19-17-8-14-16(24-17)7-15(22(14)10-11-4-5-11)18(23)21-9-12-2-1-3-13(20)6-12/h1-3,6-8,11H,4-5,9-10H2,(H,21,23). The van der Waals surface area contributed by atoms with E-state index in [0.717, 1.165) is 26.1 Å². The molecule has 2 aromatic heterocycles. The Morgan fingerprint density at radius 3 is 2.92 bits per heavy atom. The van der Waals surface area contributed by atoms with Gasteiger partial charge in [0.2, 0.25) is 0 Å². The molecule has 2 heterocycles. The summed E-state index contributed by atoms with van der Waals surface area (Å²) in [6.07, 6.45) is 2.46. The van der Waals surface area contributed by atoms with E-state index in [1.807, 2.05) is 12.1 Å². The van der Waals surface area contributed by atoms with Crippen LogP contribution in [0.4, 0.5) is 4.39 Å². The van der Waals surface area contributed by atoms with Gasteiger partial charge in [0.25, 0.3) is 5.91 Å². The molecule has 1 saturated carbocycles. The molecule has 0 bridgehead atoms. The molecule has 24 heavy (non-hydrogen) atoms. The van der Waals surface area contributed by atoms with Gasteiger partial charge in [-0.15, -0.1) is 11.3 Å². The normalized spacial score (nSPS) is 14.2. The highest BCUT2D eigenvalue weighted by Gasteiger charge is 2.26. The molecule has 124 valence electrons. The van der Waals surface area contributed by atoms with Gasteiger partial charge >= 0.3 is 0 Å². The number of nitrogens with one attached hydrogen (secondary N) is 1. The van der Waals surface area contributed by atoms with Crippen molar-refractivity contribution in [2.75, 3.05) is 0 Å². The zero-order valence-electron chi connectivity index (χ0n) is 12.9. The van der Waals surface area contributed by atoms with E-state index in [4.69, 9.17) is 0 Å². The number of aromatic nitrogens is 1. The maximum absolute atomic E-state index is 13.2. The minimum atomic E-state index is -0.288. The van der Waals surface area contributed by atoms with Crippen LogP contribution in [0.15, 0.2) is 40.2 Å². The fraction of sp³-hybridized carbons (Fsp3) is 0.278. The maximum Gasteiger partial charge on any atom is 0.268 e. The second kappa shape index (κ2) is 6.33. The zero-order chi connectivity index (χ0) is 16.7. The second-order valence-electron chi connectivity index (χ2n) is 6.20. The molecule has 1 amide bonds. The average molecular weight is 407 g/mol. The lowest BCUT2D eigenvalue weighted by Gasteiger charge is -2.10. The van der Waals surface area contributed by atoms with Gasteiger partial charge in [0.1, 0.15) is 11.5 Å². The van der Waals surface area contributed by atoms with Crippen molar-refractivity contribution in [1.82, 2.24) is 9.88 Å². The second-order valence-corrected chi connectivity index (χ2v) is 8.66. The Balaban J connectivity index is 1.57. The van der Waals surface area contributed by atoms with Crippen LogP contribution in [0.25, 0.3) is 10.2 Å². The molecule has 1 fully saturated rings. The summed E-state index contributed by atoms with van der Waals surface area (Å²) in [7, 11) is 0. The van der Waals surface area contributed by atoms with Crippen LogP contribution >= 0.6 is 27.3 Å². The van der Waals surface area contributed by atoms with Crippen molar-refractivity contribution in [3.63, 3.8) is 0 Å². The fourth-order valence-electron chi connectivity index (χ4n) is 2.87. The molecule has 1 aliphatic rings. The van der Waals surface area contributed by atoms with Crippen LogP contribution in [0, 0.1) is 11.7 Å². The molecule has 1 aliphatic carbocycles. The van der Waals surface area contributed by atoms with Gasteiger partial charge in [0, 0.05) is 13.1 Å². The molecule has 3 nitrogen and oxygen atoms in total. The molecule has 3 aromatic rings. The summed E-state index contributed by atoms with van der Waals surface area (Å²) in [5, 5.41) is 2.91. The molecule has 4 rings (SSSR count). The van der Waals surface area contributed by atoms with Crippen LogP contribution in [0.3, 0.4) is 0 Å². The van der Waals surface area contributed by atoms with Gasteiger partial charge < -0.3 is 9.88 Å². The van der Waals surface area contributed by atoms with E-state index >= 15 is 0 Å². The van der Waals surface area contributed by atoms with Gasteiger partial charge in [0.05, 0.1) is 14.0 Å². The average Bonchev–Trinajstić information content (AvgIpc) is 3.21. The summed E-state index contributed by atoms with van der Waals surface area (Å²) >= 11 is 5.15. The third kappa shape index (κ3) is 3.26. The number of rotatable bonds is 5. The summed E-state index contributed by atoms with van der Waals surface area (Å²) in [5.41, 5.74) is 2.55. The number of thiophene rings is 1. The van der Waals surface area contributed by atoms with E-state index in [9.17, 15) is 9.18 Å². The van der Waals surface area contributed by atoms with Gasteiger partial charge in [-0.3, -0.25) is 4.79 Å². The van der Waals surface area contributed by atoms with Crippen LogP contribution in [-0.2, 0) is 13.1 Å². The first-order valence-corrected chi connectivity index (χ1v) is 9.52. The van der Waals surface area contributed by atoms with E-state index in [0.29, 0.717) is 18.2 Å². The van der Waals surface area contributed by atoms with E-state index in [2.05, 4.69) is 31.9 Å². The van der Waals surface area contributed by atoms with Crippen molar-refractivity contribution in [3.8, 4) is 0 Å². The minimum absolute atomic E-state index is 0.112. The van der Waals surface area contributed by atoms with Gasteiger partial charge in [-0.25, -0.2) is 4.39 Å². The quantitative estimate of drug-likeness (QED) is 0.639. The number of benzene rings is 1. The first kappa shape index (κ1) is 15.8. The monoisotopic (exact) mass is 406 g/mol. The van der Waals surface area contributed by atoms with E-state index < -0.39 is 0 Å². The van der Waals surface area contributed by atoms with E-state index in [1.165, 1.54) is 25.0 Å². The van der Waals surface area contributed by atoms with Gasteiger partial charge in [-0.1, -0.05) is 12.1 Å². The van der Waals surface area contributed by atoms with Crippen molar-refractivity contribution in [1.29, 1.82) is 0 Å². The number of hydrogen-bond acceptors (Lipinski definition) is 2. The van der Waals surface area contributed by atoms with Gasteiger partial charge in [-0.05, 0) is 64.5 Å². The summed E-state index contributed by atoms with van der Waals surface area (Å²) in [6.45, 7) is 1.21. The number of halogens is 2. The van der Waals surface area contributed by atoms with E-state index in [1.54, 1.807) is 17.4 Å². The molecule has 0 spiro atoms. The molecular weight excluding hydrogens is 391 g/mol. The minimum Gasteiger partial charge on any atom is -0.347 e. The Bertz CT molecular complexity index is 913. The molecule has 0 unspecified atom stereocenters. The predicted octanol–water partition coefficient (Wildman–Crippen LogP) is 4.94. The summed E-state index contributed by atoms with van der Waals surface area (Å²) in [6, 6.07) is 10.3. The smallest absolute Gasteiger partial charge is 0.268 e. The fourth-order valence-corrected chi connectivity index (χ4v) is 4.44. The molecule has 1 aromatic carbocycles. The first-order valence-electron chi connectivity index (χ1n) is 7.91. The molecule has 1 N–H and O–H groups in total. The van der Waals surface area contributed by atoms with E-state index in [-0.39, 0.29) is 11.7 Å². The Labute approximate surface area is 151 Å². The lowest BCUT2D eigenvalue weighted by atomic mass is 10.2. The lowest BCUT2D eigenvalue weighted by Crippen LogP contribution is -2.25. The van der Waals surface area contributed by atoms with Crippen molar-refractivity contribution in [3.05, 3.63) is 57.3 Å². The van der Waals surface area contributed by atoms with Gasteiger partial charge in [-0.2, -0.15) is 0 Å². The number of hydrogen-bond donors (Lipinski definition) is 1. The van der Waals surface area contributed by atoms with Crippen molar-refractivity contribution in [2.45, 2.75) is 25.9 Å². The Morgan fingerprint density at radius 1 is 1.33 bits per heavy atom. The van der Waals surface area contributed by atoms with Crippen LogP contribution in [0.5, 0.6) is 0 Å². The molecule has 0 saturated heterocycles. The maximum atomic E-state index is 13.2. The number of fused-ring (bicyclic) bond motifs is 1. The van der Waals surface area contributed by atoms with Crippen LogP contribution in [0.2, 0.25) is 0 Å². The largest absolute Gasteiger partial charge is 0.347 e. The van der Waals surface area contributed by atoms with Crippen LogP contribution in [0.1, 0.15) is 28.9 Å². The van der Waals surface area contributed by atoms with Crippen LogP contribution in [-0.4, -0.2) is 10.5 Å². The molecule has 0 aliphatic heterocycles. The SMILES string of the molecule is O=C(NCc1cccc(F)c1)c1cc2sc(Br)cc2n1CC1CC1. The molecular formula is C18H16BrFN2OS. The molecule has 0 radical (unpaired) electrons. The lowest BCUT2D eigenvalue weighted by molar-refractivity contribution is 0.0941. The Kier molecular flexibility index (Phi) is 4.18. The third-order valence-electron chi connectivity index (χ3n) is 4.27. The Hall–Kier alpha value is -1.66. The zero-order valence-corrected chi connectivity index (χ0v) is 15.3. The predicted molar refractivity (Wildman–Crippen MR) is 97.8 cm³/mol. The Morgan fingerprint density at radius 2 is 2.17 bits per heavy atom. The number of carbonyl (C=O) groups is 1. The third-order valence-corrected chi connectivity index (χ3v) is 5.85. The molecule has 6 heteroatoms. The summed E-state index contributed by atoms with van der Waals surface area (Å²) in [5.74, 6) is 0.276. The van der Waals surface area contributed by atoms with Crippen molar-refractivity contribution in [2.24, 2.45) is 5.92 Å². The highest BCUT2D eigenvalue weighted by molar-refractivity contribution is 9.11. The molecule has 0 atom stereocenters. The summed E-state index contributed by atoms with van der Waals surface area (Å²) in [4.78, 5) is 12.6. The number of nitrogens with zero attached hydrogens (tertiary/aromatic N) is 1.